The minimum Gasteiger partial charge on any atom is -0.357 e. The number of piperazine rings is 1. The number of anilines is 1. The van der Waals surface area contributed by atoms with Gasteiger partial charge in [-0.05, 0) is 62.0 Å². The first-order chi connectivity index (χ1) is 15.1. The van der Waals surface area contributed by atoms with E-state index in [0.717, 1.165) is 73.7 Å². The fraction of sp³-hybridized carbons (Fsp3) is 0.478. The van der Waals surface area contributed by atoms with E-state index in [1.165, 1.54) is 12.1 Å². The van der Waals surface area contributed by atoms with Gasteiger partial charge in [-0.1, -0.05) is 6.07 Å². The molecule has 2 aromatic rings. The molecule has 6 nitrogen and oxygen atoms in total. The molecule has 176 valence electrons. The van der Waals surface area contributed by atoms with Gasteiger partial charge in [-0.25, -0.2) is 14.4 Å². The molecule has 32 heavy (non-hydrogen) atoms. The number of nitrogens with one attached hydrogen (secondary N) is 2. The number of hydrogen-bond donors (Lipinski definition) is 2. The van der Waals surface area contributed by atoms with Crippen molar-refractivity contribution in [2.75, 3.05) is 57.0 Å². The molecule has 1 aliphatic heterocycles. The second-order valence-electron chi connectivity index (χ2n) is 7.59. The third-order valence-corrected chi connectivity index (χ3v) is 6.19. The van der Waals surface area contributed by atoms with Crippen molar-refractivity contribution < 1.29 is 4.39 Å². The highest BCUT2D eigenvalue weighted by atomic mass is 127. The summed E-state index contributed by atoms with van der Waals surface area (Å²) in [5.74, 6) is 2.64. The normalized spacial score (nSPS) is 14.7. The van der Waals surface area contributed by atoms with Crippen molar-refractivity contribution in [2.45, 2.75) is 24.8 Å². The lowest BCUT2D eigenvalue weighted by Crippen LogP contribution is -2.44. The Kier molecular flexibility index (Phi) is 12.1. The van der Waals surface area contributed by atoms with Gasteiger partial charge in [0.25, 0.3) is 0 Å². The number of aliphatic imine (C=N–C) groups is 1. The van der Waals surface area contributed by atoms with Crippen molar-refractivity contribution in [3.05, 3.63) is 54.0 Å². The second kappa shape index (κ2) is 14.5. The van der Waals surface area contributed by atoms with Crippen molar-refractivity contribution in [3.63, 3.8) is 0 Å². The third-order valence-electron chi connectivity index (χ3n) is 5.10. The highest BCUT2D eigenvalue weighted by Crippen LogP contribution is 2.18. The van der Waals surface area contributed by atoms with Crippen LogP contribution in [0.1, 0.15) is 18.9 Å². The van der Waals surface area contributed by atoms with E-state index in [4.69, 9.17) is 0 Å². The van der Waals surface area contributed by atoms with Gasteiger partial charge in [0.05, 0.1) is 6.54 Å². The van der Waals surface area contributed by atoms with Gasteiger partial charge in [-0.15, -0.1) is 35.7 Å². The van der Waals surface area contributed by atoms with Gasteiger partial charge in [-0.3, -0.25) is 0 Å². The quantitative estimate of drug-likeness (QED) is 0.157. The average Bonchev–Trinajstić information content (AvgIpc) is 2.79. The van der Waals surface area contributed by atoms with E-state index in [0.29, 0.717) is 6.54 Å². The zero-order valence-electron chi connectivity index (χ0n) is 18.9. The van der Waals surface area contributed by atoms with Crippen LogP contribution in [-0.2, 0) is 6.54 Å². The van der Waals surface area contributed by atoms with Gasteiger partial charge in [-0.2, -0.15) is 0 Å². The molecule has 1 aromatic heterocycles. The number of hydrogen-bond acceptors (Lipinski definition) is 5. The van der Waals surface area contributed by atoms with Crippen LogP contribution in [0.3, 0.4) is 0 Å². The van der Waals surface area contributed by atoms with E-state index < -0.39 is 0 Å². The SMILES string of the molecule is CCNC(=NCc1ccc(N2CCN(C)CC2)nc1)NCCCSc1ccc(F)cc1.I. The molecule has 0 unspecified atom stereocenters. The van der Waals surface area contributed by atoms with Gasteiger partial charge in [0.15, 0.2) is 5.96 Å². The van der Waals surface area contributed by atoms with Crippen molar-refractivity contribution in [3.8, 4) is 0 Å². The third kappa shape index (κ3) is 9.11. The fourth-order valence-electron chi connectivity index (χ4n) is 3.24. The topological polar surface area (TPSA) is 55.8 Å². The van der Waals surface area contributed by atoms with E-state index in [2.05, 4.69) is 56.5 Å². The smallest absolute Gasteiger partial charge is 0.191 e. The molecular weight excluding hydrogens is 538 g/mol. The molecule has 0 radical (unpaired) electrons. The minimum absolute atomic E-state index is 0. The standard InChI is InChI=1S/C23H33FN6S.HI/c1-3-25-23(26-11-4-16-31-21-8-6-20(24)7-9-21)28-18-19-5-10-22(27-17-19)30-14-12-29(2)13-15-30;/h5-10,17H,3-4,11-16,18H2,1-2H3,(H2,25,26,28);1H. The van der Waals surface area contributed by atoms with Crippen LogP contribution >= 0.6 is 35.7 Å². The van der Waals surface area contributed by atoms with Gasteiger partial charge in [0.2, 0.25) is 0 Å². The Balaban J connectivity index is 0.00000363. The molecule has 9 heteroatoms. The van der Waals surface area contributed by atoms with Crippen LogP contribution in [0, 0.1) is 5.82 Å². The summed E-state index contributed by atoms with van der Waals surface area (Å²) in [5.41, 5.74) is 1.10. The lowest BCUT2D eigenvalue weighted by Gasteiger charge is -2.33. The first kappa shape index (κ1) is 26.7. The summed E-state index contributed by atoms with van der Waals surface area (Å²) in [4.78, 5) is 15.1. The molecule has 1 fully saturated rings. The van der Waals surface area contributed by atoms with Crippen LogP contribution in [0.5, 0.6) is 0 Å². The number of thioether (sulfide) groups is 1. The fourth-order valence-corrected chi connectivity index (χ4v) is 4.10. The van der Waals surface area contributed by atoms with E-state index in [9.17, 15) is 4.39 Å². The summed E-state index contributed by atoms with van der Waals surface area (Å²) in [6.45, 7) is 8.51. The Labute approximate surface area is 212 Å². The zero-order valence-corrected chi connectivity index (χ0v) is 22.0. The predicted octanol–water partition coefficient (Wildman–Crippen LogP) is 3.83. The molecule has 0 bridgehead atoms. The van der Waals surface area contributed by atoms with Crippen LogP contribution < -0.4 is 15.5 Å². The minimum atomic E-state index is -0.193. The highest BCUT2D eigenvalue weighted by molar-refractivity contribution is 14.0. The molecule has 1 saturated heterocycles. The lowest BCUT2D eigenvalue weighted by molar-refractivity contribution is 0.312. The number of halogens is 2. The van der Waals surface area contributed by atoms with Crippen LogP contribution in [0.4, 0.5) is 10.2 Å². The molecule has 2 N–H and O–H groups in total. The number of guanidine groups is 1. The van der Waals surface area contributed by atoms with Crippen LogP contribution in [0.25, 0.3) is 0 Å². The predicted molar refractivity (Wildman–Crippen MR) is 144 cm³/mol. The van der Waals surface area contributed by atoms with Crippen molar-refractivity contribution in [1.82, 2.24) is 20.5 Å². The van der Waals surface area contributed by atoms with Crippen LogP contribution in [-0.4, -0.2) is 67.9 Å². The number of pyridine rings is 1. The molecule has 3 rings (SSSR count). The van der Waals surface area contributed by atoms with Crippen LogP contribution in [0.15, 0.2) is 52.5 Å². The Morgan fingerprint density at radius 2 is 1.84 bits per heavy atom. The van der Waals surface area contributed by atoms with E-state index in [1.54, 1.807) is 11.8 Å². The number of benzene rings is 1. The van der Waals surface area contributed by atoms with Crippen LogP contribution in [0.2, 0.25) is 0 Å². The number of likely N-dealkylation sites (N-methyl/N-ethyl adjacent to an activating group) is 1. The Morgan fingerprint density at radius 1 is 1.09 bits per heavy atom. The van der Waals surface area contributed by atoms with E-state index in [1.807, 2.05) is 18.3 Å². The average molecular weight is 573 g/mol. The maximum atomic E-state index is 13.0. The van der Waals surface area contributed by atoms with Crippen molar-refractivity contribution >= 4 is 47.5 Å². The Hall–Kier alpha value is -1.59. The molecule has 0 aliphatic carbocycles. The molecule has 2 heterocycles. The molecule has 1 aromatic carbocycles. The van der Waals surface area contributed by atoms with Gasteiger partial charge >= 0.3 is 0 Å². The van der Waals surface area contributed by atoms with Crippen molar-refractivity contribution in [1.29, 1.82) is 0 Å². The monoisotopic (exact) mass is 572 g/mol. The number of rotatable bonds is 9. The first-order valence-electron chi connectivity index (χ1n) is 10.9. The maximum Gasteiger partial charge on any atom is 0.191 e. The lowest BCUT2D eigenvalue weighted by atomic mass is 10.2. The summed E-state index contributed by atoms with van der Waals surface area (Å²) in [5, 5.41) is 6.68. The first-order valence-corrected chi connectivity index (χ1v) is 11.9. The summed E-state index contributed by atoms with van der Waals surface area (Å²) in [6, 6.07) is 10.9. The maximum absolute atomic E-state index is 13.0. The molecule has 0 atom stereocenters. The molecule has 0 saturated carbocycles. The summed E-state index contributed by atoms with van der Waals surface area (Å²) in [6.07, 6.45) is 2.92. The zero-order chi connectivity index (χ0) is 21.9. The van der Waals surface area contributed by atoms with Gasteiger partial charge < -0.3 is 20.4 Å². The van der Waals surface area contributed by atoms with Gasteiger partial charge in [0.1, 0.15) is 11.6 Å². The largest absolute Gasteiger partial charge is 0.357 e. The molecule has 1 aliphatic rings. The summed E-state index contributed by atoms with van der Waals surface area (Å²) < 4.78 is 13.0. The Bertz CT molecular complexity index is 810. The second-order valence-corrected chi connectivity index (χ2v) is 8.76. The molecule has 0 spiro atoms. The van der Waals surface area contributed by atoms with Crippen molar-refractivity contribution in [2.24, 2.45) is 4.99 Å². The van der Waals surface area contributed by atoms with E-state index in [-0.39, 0.29) is 29.8 Å². The summed E-state index contributed by atoms with van der Waals surface area (Å²) >= 11 is 1.74. The molecule has 0 amide bonds. The number of nitrogens with zero attached hydrogens (tertiary/aromatic N) is 4. The Morgan fingerprint density at radius 3 is 2.50 bits per heavy atom. The highest BCUT2D eigenvalue weighted by Gasteiger charge is 2.14. The summed E-state index contributed by atoms with van der Waals surface area (Å²) in [7, 11) is 2.16. The van der Waals surface area contributed by atoms with E-state index >= 15 is 0 Å². The number of aromatic nitrogens is 1. The van der Waals surface area contributed by atoms with Gasteiger partial charge in [0, 0.05) is 50.4 Å². The molecular formula is C23H34FIN6S.